The molecule has 0 radical (unpaired) electrons. The highest BCUT2D eigenvalue weighted by Crippen LogP contribution is 2.36. The second kappa shape index (κ2) is 11.5. The first kappa shape index (κ1) is 29.2. The van der Waals surface area contributed by atoms with Crippen LogP contribution in [0.4, 0.5) is 5.69 Å². The molecule has 0 aromatic heterocycles. The number of nitrogens with zero attached hydrogens (tertiary/aromatic N) is 2. The van der Waals surface area contributed by atoms with Gasteiger partial charge in [-0.1, -0.05) is 23.2 Å². The summed E-state index contributed by atoms with van der Waals surface area (Å²) in [7, 11) is -3.99. The van der Waals surface area contributed by atoms with Crippen molar-refractivity contribution in [3.8, 4) is 5.75 Å². The summed E-state index contributed by atoms with van der Waals surface area (Å²) in [6.45, 7) is 6.18. The van der Waals surface area contributed by atoms with Crippen molar-refractivity contribution in [2.75, 3.05) is 24.5 Å². The monoisotopic (exact) mass is 607 g/mol. The standard InChI is InChI=1S/C29H35Cl2N3O5S/c1-29(2)18-34(28(29)36)21-7-10-24(11-8-21)40(37,38)32-27(35)19-3-5-20(6-4-19)33-15-13-22(14-16-33)39-23-9-12-25(30)26(31)17-23/h7-12,17,19-20,22H,3-6,13-16,18H2,1-2H3,(H,32,35). The molecule has 1 aliphatic carbocycles. The molecule has 0 unspecified atom stereocenters. The van der Waals surface area contributed by atoms with Crippen LogP contribution in [-0.4, -0.2) is 56.9 Å². The second-order valence-electron chi connectivity index (χ2n) is 11.7. The number of anilines is 1. The minimum Gasteiger partial charge on any atom is -0.490 e. The van der Waals surface area contributed by atoms with E-state index in [0.717, 1.165) is 44.5 Å². The number of likely N-dealkylation sites (tertiary alicyclic amines) is 1. The van der Waals surface area contributed by atoms with Crippen LogP contribution in [0.3, 0.4) is 0 Å². The van der Waals surface area contributed by atoms with Crippen LogP contribution in [0.25, 0.3) is 0 Å². The maximum Gasteiger partial charge on any atom is 0.264 e. The van der Waals surface area contributed by atoms with Crippen molar-refractivity contribution in [1.29, 1.82) is 0 Å². The molecule has 5 rings (SSSR count). The Balaban J connectivity index is 1.07. The topological polar surface area (TPSA) is 96.0 Å². The van der Waals surface area contributed by atoms with Crippen molar-refractivity contribution in [2.24, 2.45) is 11.3 Å². The lowest BCUT2D eigenvalue weighted by Crippen LogP contribution is -2.58. The van der Waals surface area contributed by atoms with Crippen LogP contribution in [0.5, 0.6) is 5.75 Å². The number of carbonyl (C=O) groups excluding carboxylic acids is 2. The number of halogens is 2. The third-order valence-corrected chi connectivity index (χ3v) is 10.4. The van der Waals surface area contributed by atoms with Crippen LogP contribution in [-0.2, 0) is 19.6 Å². The molecule has 1 saturated carbocycles. The molecule has 40 heavy (non-hydrogen) atoms. The van der Waals surface area contributed by atoms with E-state index in [1.165, 1.54) is 12.1 Å². The van der Waals surface area contributed by atoms with Crippen LogP contribution in [0.1, 0.15) is 52.4 Å². The Morgan fingerprint density at radius 1 is 0.950 bits per heavy atom. The van der Waals surface area contributed by atoms with E-state index in [1.807, 2.05) is 19.9 Å². The molecule has 2 saturated heterocycles. The number of benzene rings is 2. The van der Waals surface area contributed by atoms with Gasteiger partial charge in [0.05, 0.1) is 20.4 Å². The maximum absolute atomic E-state index is 12.9. The number of piperidine rings is 1. The summed E-state index contributed by atoms with van der Waals surface area (Å²) in [4.78, 5) is 29.2. The average molecular weight is 609 g/mol. The Bertz CT molecular complexity index is 1370. The predicted molar refractivity (Wildman–Crippen MR) is 155 cm³/mol. The van der Waals surface area contributed by atoms with Gasteiger partial charge in [-0.25, -0.2) is 13.1 Å². The van der Waals surface area contributed by atoms with Crippen molar-refractivity contribution < 1.29 is 22.7 Å². The second-order valence-corrected chi connectivity index (χ2v) is 14.2. The molecule has 2 heterocycles. The van der Waals surface area contributed by atoms with Gasteiger partial charge in [-0.3, -0.25) is 9.59 Å². The summed E-state index contributed by atoms with van der Waals surface area (Å²) in [5.41, 5.74) is 0.258. The van der Waals surface area contributed by atoms with E-state index in [1.54, 1.807) is 29.2 Å². The minimum atomic E-state index is -3.99. The van der Waals surface area contributed by atoms with E-state index >= 15 is 0 Å². The van der Waals surface area contributed by atoms with Gasteiger partial charge in [0.2, 0.25) is 11.8 Å². The summed E-state index contributed by atoms with van der Waals surface area (Å²) < 4.78 is 34.1. The number of ether oxygens (including phenoxy) is 1. The average Bonchev–Trinajstić information content (AvgIpc) is 2.94. The van der Waals surface area contributed by atoms with Crippen molar-refractivity contribution in [3.63, 3.8) is 0 Å². The van der Waals surface area contributed by atoms with Gasteiger partial charge < -0.3 is 14.5 Å². The van der Waals surface area contributed by atoms with Gasteiger partial charge in [-0.05, 0) is 88.8 Å². The summed E-state index contributed by atoms with van der Waals surface area (Å²) >= 11 is 12.1. The molecule has 2 aromatic carbocycles. The highest BCUT2D eigenvalue weighted by atomic mass is 35.5. The Labute approximate surface area is 246 Å². The first-order valence-electron chi connectivity index (χ1n) is 13.8. The number of rotatable bonds is 7. The zero-order chi connectivity index (χ0) is 28.7. The molecule has 0 bridgehead atoms. The summed E-state index contributed by atoms with van der Waals surface area (Å²) in [6, 6.07) is 11.8. The minimum absolute atomic E-state index is 0.00742. The molecular formula is C29H35Cl2N3O5S. The Kier molecular flexibility index (Phi) is 8.39. The van der Waals surface area contributed by atoms with E-state index in [2.05, 4.69) is 9.62 Å². The lowest BCUT2D eigenvalue weighted by atomic mass is 9.83. The lowest BCUT2D eigenvalue weighted by molar-refractivity contribution is -0.132. The lowest BCUT2D eigenvalue weighted by Gasteiger charge is -2.44. The molecule has 8 nitrogen and oxygen atoms in total. The fourth-order valence-electron chi connectivity index (χ4n) is 5.90. The van der Waals surface area contributed by atoms with Crippen LogP contribution in [0.2, 0.25) is 10.0 Å². The van der Waals surface area contributed by atoms with Gasteiger partial charge in [-0.2, -0.15) is 0 Å². The van der Waals surface area contributed by atoms with Crippen molar-refractivity contribution in [3.05, 3.63) is 52.5 Å². The van der Waals surface area contributed by atoms with Crippen molar-refractivity contribution >= 4 is 50.7 Å². The fraction of sp³-hybridized carbons (Fsp3) is 0.517. The SMILES string of the molecule is CC1(C)CN(c2ccc(S(=O)(=O)NC(=O)C3CCC(N4CCC(Oc5ccc(Cl)c(Cl)c5)CC4)CC3)cc2)C1=O. The third-order valence-electron chi connectivity index (χ3n) is 8.33. The first-order valence-corrected chi connectivity index (χ1v) is 16.0. The highest BCUT2D eigenvalue weighted by Gasteiger charge is 2.44. The Hall–Kier alpha value is -2.33. The maximum atomic E-state index is 12.9. The fourth-order valence-corrected chi connectivity index (χ4v) is 7.23. The van der Waals surface area contributed by atoms with E-state index in [-0.39, 0.29) is 22.8 Å². The van der Waals surface area contributed by atoms with Crippen LogP contribution in [0.15, 0.2) is 47.4 Å². The van der Waals surface area contributed by atoms with Gasteiger partial charge >= 0.3 is 0 Å². The zero-order valence-electron chi connectivity index (χ0n) is 22.7. The first-order chi connectivity index (χ1) is 18.9. The number of sulfonamides is 1. The molecule has 1 N–H and O–H groups in total. The van der Waals surface area contributed by atoms with E-state index in [4.69, 9.17) is 27.9 Å². The number of carbonyl (C=O) groups is 2. The molecule has 2 aromatic rings. The summed E-state index contributed by atoms with van der Waals surface area (Å²) in [6.07, 6.45) is 4.93. The smallest absolute Gasteiger partial charge is 0.264 e. The van der Waals surface area contributed by atoms with Gasteiger partial charge in [0.1, 0.15) is 11.9 Å². The van der Waals surface area contributed by atoms with Gasteiger partial charge in [0.25, 0.3) is 10.0 Å². The zero-order valence-corrected chi connectivity index (χ0v) is 25.1. The molecule has 2 aliphatic heterocycles. The predicted octanol–water partition coefficient (Wildman–Crippen LogP) is 5.27. The number of nitrogens with one attached hydrogen (secondary N) is 1. The van der Waals surface area contributed by atoms with E-state index in [0.29, 0.717) is 41.2 Å². The van der Waals surface area contributed by atoms with Gasteiger partial charge in [-0.15, -0.1) is 0 Å². The Morgan fingerprint density at radius 2 is 1.60 bits per heavy atom. The van der Waals surface area contributed by atoms with Gasteiger partial charge in [0.15, 0.2) is 0 Å². The highest BCUT2D eigenvalue weighted by molar-refractivity contribution is 7.90. The Morgan fingerprint density at radius 3 is 2.17 bits per heavy atom. The molecule has 3 aliphatic rings. The molecule has 216 valence electrons. The largest absolute Gasteiger partial charge is 0.490 e. The van der Waals surface area contributed by atoms with E-state index < -0.39 is 21.3 Å². The van der Waals surface area contributed by atoms with Crippen molar-refractivity contribution in [1.82, 2.24) is 9.62 Å². The number of hydrogen-bond acceptors (Lipinski definition) is 6. The third kappa shape index (κ3) is 6.27. The number of β-lactam (4-membered cyclic amide) rings is 1. The van der Waals surface area contributed by atoms with Gasteiger partial charge in [0, 0.05) is 43.3 Å². The number of amides is 2. The molecule has 11 heteroatoms. The molecule has 0 atom stereocenters. The van der Waals surface area contributed by atoms with Crippen LogP contribution in [0, 0.1) is 11.3 Å². The molecule has 3 fully saturated rings. The molecule has 2 amide bonds. The van der Waals surface area contributed by atoms with Crippen LogP contribution >= 0.6 is 23.2 Å². The van der Waals surface area contributed by atoms with Crippen LogP contribution < -0.4 is 14.4 Å². The quantitative estimate of drug-likeness (QED) is 0.431. The molecule has 0 spiro atoms. The normalized spacial score (nSPS) is 23.9. The van der Waals surface area contributed by atoms with Crippen molar-refractivity contribution in [2.45, 2.75) is 69.4 Å². The summed E-state index contributed by atoms with van der Waals surface area (Å²) in [5.74, 6) is -0.0498. The summed E-state index contributed by atoms with van der Waals surface area (Å²) in [5, 5.41) is 0.983. The number of hydrogen-bond donors (Lipinski definition) is 1. The van der Waals surface area contributed by atoms with E-state index in [9.17, 15) is 18.0 Å². The molecular weight excluding hydrogens is 573 g/mol.